The van der Waals surface area contributed by atoms with Gasteiger partial charge in [0.1, 0.15) is 0 Å². The molecule has 0 bridgehead atoms. The number of amides is 3. The van der Waals surface area contributed by atoms with E-state index in [2.05, 4.69) is 0 Å². The molecule has 0 unspecified atom stereocenters. The molecule has 15 heavy (non-hydrogen) atoms. The highest BCUT2D eigenvalue weighted by Crippen LogP contribution is 2.25. The number of carbonyl (C=O) groups excluding carboxylic acids is 2. The Kier molecular flexibility index (Phi) is 3.07. The van der Waals surface area contributed by atoms with Crippen LogP contribution in [0.25, 0.3) is 0 Å². The van der Waals surface area contributed by atoms with E-state index < -0.39 is 0 Å². The van der Waals surface area contributed by atoms with Crippen molar-refractivity contribution in [2.75, 3.05) is 13.6 Å². The van der Waals surface area contributed by atoms with Crippen molar-refractivity contribution in [1.82, 2.24) is 9.80 Å². The topological polar surface area (TPSA) is 40.6 Å². The quantitative estimate of drug-likeness (QED) is 0.699. The van der Waals surface area contributed by atoms with Crippen molar-refractivity contribution in [3.8, 4) is 0 Å². The summed E-state index contributed by atoms with van der Waals surface area (Å²) in [5, 5.41) is 0. The molecule has 0 aliphatic carbocycles. The molecule has 4 nitrogen and oxygen atoms in total. The second-order valence-electron chi connectivity index (χ2n) is 5.23. The Hall–Kier alpha value is -1.06. The minimum Gasteiger partial charge on any atom is -0.322 e. The fourth-order valence-electron chi connectivity index (χ4n) is 1.68. The van der Waals surface area contributed by atoms with Gasteiger partial charge >= 0.3 is 6.03 Å². The molecular formula is C11H20N2O2. The van der Waals surface area contributed by atoms with E-state index >= 15 is 0 Å². The van der Waals surface area contributed by atoms with Crippen LogP contribution in [0.2, 0.25) is 0 Å². The summed E-state index contributed by atoms with van der Waals surface area (Å²) in [6, 6.07) is -0.176. The van der Waals surface area contributed by atoms with Gasteiger partial charge in [-0.1, -0.05) is 13.8 Å². The molecule has 1 fully saturated rings. The molecular weight excluding hydrogens is 192 g/mol. The Morgan fingerprint density at radius 2 is 1.87 bits per heavy atom. The Balaban J connectivity index is 2.85. The third kappa shape index (κ3) is 2.30. The first-order chi connectivity index (χ1) is 6.75. The fraction of sp³-hybridized carbons (Fsp3) is 0.818. The predicted octanol–water partition coefficient (Wildman–Crippen LogP) is 1.71. The van der Waals surface area contributed by atoms with Gasteiger partial charge in [-0.05, 0) is 19.8 Å². The molecule has 0 aromatic carbocycles. The molecule has 1 aliphatic heterocycles. The van der Waals surface area contributed by atoms with Gasteiger partial charge in [0.05, 0.1) is 6.42 Å². The maximum absolute atomic E-state index is 11.9. The van der Waals surface area contributed by atoms with E-state index in [1.165, 1.54) is 4.90 Å². The zero-order valence-electron chi connectivity index (χ0n) is 10.2. The normalized spacial score (nSPS) is 21.5. The summed E-state index contributed by atoms with van der Waals surface area (Å²) in [5.41, 5.74) is -0.359. The fourth-order valence-corrected chi connectivity index (χ4v) is 1.68. The molecule has 4 heteroatoms. The average Bonchev–Trinajstić information content (AvgIpc) is 2.08. The lowest BCUT2D eigenvalue weighted by Crippen LogP contribution is -2.60. The number of carbonyl (C=O) groups is 2. The molecule has 0 N–H and O–H groups in total. The first-order valence-electron chi connectivity index (χ1n) is 5.34. The highest BCUT2D eigenvalue weighted by Gasteiger charge is 2.41. The van der Waals surface area contributed by atoms with E-state index in [4.69, 9.17) is 0 Å². The van der Waals surface area contributed by atoms with E-state index in [1.807, 2.05) is 27.7 Å². The van der Waals surface area contributed by atoms with E-state index in [0.717, 1.165) is 0 Å². The predicted molar refractivity (Wildman–Crippen MR) is 58.4 cm³/mol. The van der Waals surface area contributed by atoms with E-state index in [-0.39, 0.29) is 17.5 Å². The highest BCUT2D eigenvalue weighted by atomic mass is 16.2. The zero-order valence-corrected chi connectivity index (χ0v) is 10.2. The van der Waals surface area contributed by atoms with Crippen LogP contribution in [0.3, 0.4) is 0 Å². The van der Waals surface area contributed by atoms with Crippen LogP contribution in [0.15, 0.2) is 0 Å². The van der Waals surface area contributed by atoms with E-state index in [9.17, 15) is 9.59 Å². The number of hydrogen-bond acceptors (Lipinski definition) is 2. The van der Waals surface area contributed by atoms with Gasteiger partial charge in [-0.25, -0.2) is 4.79 Å². The molecule has 0 aromatic heterocycles. The molecule has 0 saturated carbocycles. The summed E-state index contributed by atoms with van der Waals surface area (Å²) in [7, 11) is 1.75. The monoisotopic (exact) mass is 212 g/mol. The number of imide groups is 1. The lowest BCUT2D eigenvalue weighted by atomic mass is 9.95. The Morgan fingerprint density at radius 1 is 1.33 bits per heavy atom. The first kappa shape index (κ1) is 12.0. The summed E-state index contributed by atoms with van der Waals surface area (Å²) < 4.78 is 0. The molecule has 1 saturated heterocycles. The van der Waals surface area contributed by atoms with Gasteiger partial charge in [0, 0.05) is 19.1 Å². The molecule has 1 heterocycles. The number of rotatable bonds is 2. The highest BCUT2D eigenvalue weighted by molar-refractivity contribution is 5.97. The minimum absolute atomic E-state index is 0.0585. The first-order valence-corrected chi connectivity index (χ1v) is 5.34. The van der Waals surface area contributed by atoms with Crippen molar-refractivity contribution < 1.29 is 9.59 Å². The van der Waals surface area contributed by atoms with Crippen molar-refractivity contribution in [3.05, 3.63) is 0 Å². The van der Waals surface area contributed by atoms with Crippen molar-refractivity contribution in [3.63, 3.8) is 0 Å². The third-order valence-corrected chi connectivity index (χ3v) is 2.86. The average molecular weight is 212 g/mol. The Labute approximate surface area is 91.2 Å². The summed E-state index contributed by atoms with van der Waals surface area (Å²) in [6.45, 7) is 8.34. The number of urea groups is 1. The lowest BCUT2D eigenvalue weighted by Gasteiger charge is -2.43. The van der Waals surface area contributed by atoms with Crippen molar-refractivity contribution in [2.24, 2.45) is 5.92 Å². The van der Waals surface area contributed by atoms with Crippen LogP contribution >= 0.6 is 0 Å². The van der Waals surface area contributed by atoms with E-state index in [1.54, 1.807) is 11.9 Å². The summed E-state index contributed by atoms with van der Waals surface area (Å²) in [4.78, 5) is 26.7. The van der Waals surface area contributed by atoms with Crippen molar-refractivity contribution in [1.29, 1.82) is 0 Å². The lowest BCUT2D eigenvalue weighted by molar-refractivity contribution is -0.134. The molecule has 0 atom stereocenters. The molecule has 0 aromatic rings. The number of hydrogen-bond donors (Lipinski definition) is 0. The van der Waals surface area contributed by atoms with Crippen LogP contribution in [-0.2, 0) is 4.79 Å². The minimum atomic E-state index is -0.359. The Bertz CT molecular complexity index is 284. The van der Waals surface area contributed by atoms with Crippen LogP contribution in [0, 0.1) is 5.92 Å². The molecule has 0 spiro atoms. The second kappa shape index (κ2) is 3.83. The van der Waals surface area contributed by atoms with Crippen LogP contribution in [0.1, 0.15) is 34.1 Å². The van der Waals surface area contributed by atoms with Gasteiger partial charge in [-0.3, -0.25) is 9.69 Å². The van der Waals surface area contributed by atoms with Gasteiger partial charge in [-0.2, -0.15) is 0 Å². The van der Waals surface area contributed by atoms with Gasteiger partial charge < -0.3 is 4.90 Å². The van der Waals surface area contributed by atoms with Gasteiger partial charge in [-0.15, -0.1) is 0 Å². The molecule has 1 rings (SSSR count). The summed E-state index contributed by atoms with van der Waals surface area (Å²) in [6.07, 6.45) is 0.405. The molecule has 86 valence electrons. The van der Waals surface area contributed by atoms with Crippen LogP contribution in [-0.4, -0.2) is 40.9 Å². The van der Waals surface area contributed by atoms with Crippen LogP contribution in [0.4, 0.5) is 4.79 Å². The van der Waals surface area contributed by atoms with Gasteiger partial charge in [0.2, 0.25) is 5.91 Å². The molecule has 3 amide bonds. The van der Waals surface area contributed by atoms with Gasteiger partial charge in [0.25, 0.3) is 0 Å². The van der Waals surface area contributed by atoms with Crippen molar-refractivity contribution >= 4 is 11.9 Å². The van der Waals surface area contributed by atoms with Crippen LogP contribution < -0.4 is 0 Å². The zero-order chi connectivity index (χ0) is 11.8. The maximum atomic E-state index is 11.9. The van der Waals surface area contributed by atoms with Crippen LogP contribution in [0.5, 0.6) is 0 Å². The SMILES string of the molecule is CC(C)CN1C(=O)CC(C)(C)N(C)C1=O. The Morgan fingerprint density at radius 3 is 2.33 bits per heavy atom. The smallest absolute Gasteiger partial charge is 0.322 e. The summed E-state index contributed by atoms with van der Waals surface area (Å²) >= 11 is 0. The molecule has 0 radical (unpaired) electrons. The second-order valence-corrected chi connectivity index (χ2v) is 5.23. The van der Waals surface area contributed by atoms with Gasteiger partial charge in [0.15, 0.2) is 0 Å². The largest absolute Gasteiger partial charge is 0.326 e. The standard InChI is InChI=1S/C11H20N2O2/c1-8(2)7-13-9(14)6-11(3,4)12(5)10(13)15/h8H,6-7H2,1-5H3. The molecule has 1 aliphatic rings. The third-order valence-electron chi connectivity index (χ3n) is 2.86. The number of nitrogens with zero attached hydrogens (tertiary/aromatic N) is 2. The van der Waals surface area contributed by atoms with Crippen molar-refractivity contribution in [2.45, 2.75) is 39.7 Å². The summed E-state index contributed by atoms with van der Waals surface area (Å²) in [5.74, 6) is 0.254. The maximum Gasteiger partial charge on any atom is 0.326 e. The van der Waals surface area contributed by atoms with E-state index in [0.29, 0.717) is 18.9 Å².